The van der Waals surface area contributed by atoms with Gasteiger partial charge in [-0.3, -0.25) is 0 Å². The number of benzene rings is 2. The smallest absolute Gasteiger partial charge is 0.0561 e. The summed E-state index contributed by atoms with van der Waals surface area (Å²) in [7, 11) is 4.29. The van der Waals surface area contributed by atoms with Crippen molar-refractivity contribution in [3.05, 3.63) is 70.4 Å². The molecule has 3 heteroatoms. The lowest BCUT2D eigenvalue weighted by Crippen LogP contribution is -2.30. The van der Waals surface area contributed by atoms with Gasteiger partial charge in [0.15, 0.2) is 0 Å². The summed E-state index contributed by atoms with van der Waals surface area (Å²) in [6, 6.07) is 19.9. The Hall–Kier alpha value is -1.68. The predicted octanol–water partition coefficient (Wildman–Crippen LogP) is 4.29. The van der Waals surface area contributed by atoms with E-state index in [0.717, 1.165) is 13.1 Å². The van der Waals surface area contributed by atoms with Crippen LogP contribution in [0.15, 0.2) is 60.0 Å². The number of nitrogens with zero attached hydrogens (tertiary/aromatic N) is 1. The molecule has 3 aromatic rings. The zero-order chi connectivity index (χ0) is 15.4. The van der Waals surface area contributed by atoms with Crippen molar-refractivity contribution in [1.29, 1.82) is 0 Å². The summed E-state index contributed by atoms with van der Waals surface area (Å²) in [4.78, 5) is 3.69. The Balaban J connectivity index is 1.69. The van der Waals surface area contributed by atoms with Gasteiger partial charge in [-0.2, -0.15) is 0 Å². The Labute approximate surface area is 136 Å². The molecule has 0 aliphatic heterocycles. The van der Waals surface area contributed by atoms with Crippen LogP contribution in [0.2, 0.25) is 0 Å². The van der Waals surface area contributed by atoms with Crippen molar-refractivity contribution in [3.8, 4) is 0 Å². The van der Waals surface area contributed by atoms with Crippen molar-refractivity contribution in [2.45, 2.75) is 12.6 Å². The van der Waals surface area contributed by atoms with Crippen LogP contribution >= 0.6 is 11.3 Å². The second-order valence-electron chi connectivity index (χ2n) is 5.76. The number of hydrogen-bond acceptors (Lipinski definition) is 3. The number of hydrogen-bond donors (Lipinski definition) is 1. The van der Waals surface area contributed by atoms with Gasteiger partial charge in [0.25, 0.3) is 0 Å². The van der Waals surface area contributed by atoms with Gasteiger partial charge in [-0.1, -0.05) is 48.5 Å². The third-order valence-electron chi connectivity index (χ3n) is 4.03. The van der Waals surface area contributed by atoms with E-state index in [4.69, 9.17) is 0 Å². The Bertz CT molecular complexity index is 714. The number of likely N-dealkylation sites (N-methyl/N-ethyl adjacent to an activating group) is 1. The molecular formula is C19H22N2S. The minimum atomic E-state index is 0.426. The summed E-state index contributed by atoms with van der Waals surface area (Å²) in [5.74, 6) is 0. The molecule has 1 aromatic heterocycles. The van der Waals surface area contributed by atoms with Gasteiger partial charge >= 0.3 is 0 Å². The maximum Gasteiger partial charge on any atom is 0.0561 e. The van der Waals surface area contributed by atoms with E-state index in [2.05, 4.69) is 84.3 Å². The summed E-state index contributed by atoms with van der Waals surface area (Å²) in [5.41, 5.74) is 1.36. The Morgan fingerprint density at radius 2 is 1.82 bits per heavy atom. The molecule has 22 heavy (non-hydrogen) atoms. The van der Waals surface area contributed by atoms with Crippen molar-refractivity contribution in [2.75, 3.05) is 20.6 Å². The first-order chi connectivity index (χ1) is 10.8. The zero-order valence-electron chi connectivity index (χ0n) is 13.1. The van der Waals surface area contributed by atoms with E-state index in [-0.39, 0.29) is 0 Å². The summed E-state index contributed by atoms with van der Waals surface area (Å²) in [5, 5.41) is 8.43. The zero-order valence-corrected chi connectivity index (χ0v) is 13.9. The molecule has 1 heterocycles. The maximum atomic E-state index is 3.63. The van der Waals surface area contributed by atoms with E-state index in [1.165, 1.54) is 21.2 Å². The lowest BCUT2D eigenvalue weighted by Gasteiger charge is -2.23. The molecule has 0 fully saturated rings. The largest absolute Gasteiger partial charge is 0.311 e. The van der Waals surface area contributed by atoms with Crippen LogP contribution in [-0.2, 0) is 6.54 Å². The highest BCUT2D eigenvalue weighted by Crippen LogP contribution is 2.23. The number of nitrogens with one attached hydrogen (secondary N) is 1. The summed E-state index contributed by atoms with van der Waals surface area (Å²) < 4.78 is 0. The van der Waals surface area contributed by atoms with Crippen LogP contribution in [0.3, 0.4) is 0 Å². The molecule has 0 unspecified atom stereocenters. The number of thiophene rings is 1. The standard InChI is InChI=1S/C19H22N2S/c1-21(2)18(19-11-6-12-22-19)14-20-13-16-9-5-8-15-7-3-4-10-17(15)16/h3-12,18,20H,13-14H2,1-2H3/t18-/m0/s1. The van der Waals surface area contributed by atoms with E-state index >= 15 is 0 Å². The van der Waals surface area contributed by atoms with E-state index in [0.29, 0.717) is 6.04 Å². The second kappa shape index (κ2) is 7.05. The van der Waals surface area contributed by atoms with Gasteiger partial charge < -0.3 is 10.2 Å². The minimum Gasteiger partial charge on any atom is -0.311 e. The molecule has 1 N–H and O–H groups in total. The summed E-state index contributed by atoms with van der Waals surface area (Å²) >= 11 is 1.83. The van der Waals surface area contributed by atoms with Crippen molar-refractivity contribution in [1.82, 2.24) is 10.2 Å². The molecule has 0 aliphatic carbocycles. The molecule has 3 rings (SSSR count). The third kappa shape index (κ3) is 3.38. The average Bonchev–Trinajstić information content (AvgIpc) is 3.05. The molecule has 1 atom stereocenters. The van der Waals surface area contributed by atoms with Crippen molar-refractivity contribution in [2.24, 2.45) is 0 Å². The van der Waals surface area contributed by atoms with Gasteiger partial charge in [0.2, 0.25) is 0 Å². The first kappa shape index (κ1) is 15.2. The lowest BCUT2D eigenvalue weighted by atomic mass is 10.0. The monoisotopic (exact) mass is 310 g/mol. The van der Waals surface area contributed by atoms with Crippen LogP contribution in [-0.4, -0.2) is 25.5 Å². The van der Waals surface area contributed by atoms with Crippen molar-refractivity contribution >= 4 is 22.1 Å². The minimum absolute atomic E-state index is 0.426. The molecule has 0 saturated carbocycles. The SMILES string of the molecule is CN(C)[C@@H](CNCc1cccc2ccccc12)c1cccs1. The molecule has 0 radical (unpaired) electrons. The molecule has 0 saturated heterocycles. The molecule has 0 amide bonds. The lowest BCUT2D eigenvalue weighted by molar-refractivity contribution is 0.292. The molecule has 2 aromatic carbocycles. The summed E-state index contributed by atoms with van der Waals surface area (Å²) in [6.07, 6.45) is 0. The van der Waals surface area contributed by atoms with Gasteiger partial charge in [-0.25, -0.2) is 0 Å². The quantitative estimate of drug-likeness (QED) is 0.730. The van der Waals surface area contributed by atoms with Crippen molar-refractivity contribution < 1.29 is 0 Å². The van der Waals surface area contributed by atoms with Crippen LogP contribution in [0, 0.1) is 0 Å². The summed E-state index contributed by atoms with van der Waals surface area (Å²) in [6.45, 7) is 1.85. The van der Waals surface area contributed by atoms with Crippen LogP contribution < -0.4 is 5.32 Å². The van der Waals surface area contributed by atoms with Gasteiger partial charge in [-0.05, 0) is 41.9 Å². The van der Waals surface area contributed by atoms with Crippen LogP contribution in [0.25, 0.3) is 10.8 Å². The Kier molecular flexibility index (Phi) is 4.88. The third-order valence-corrected chi connectivity index (χ3v) is 5.00. The van der Waals surface area contributed by atoms with E-state index in [1.807, 2.05) is 11.3 Å². The average molecular weight is 310 g/mol. The van der Waals surface area contributed by atoms with Gasteiger partial charge in [-0.15, -0.1) is 11.3 Å². The topological polar surface area (TPSA) is 15.3 Å². The maximum absolute atomic E-state index is 3.63. The molecular weight excluding hydrogens is 288 g/mol. The highest BCUT2D eigenvalue weighted by Gasteiger charge is 2.14. The fourth-order valence-electron chi connectivity index (χ4n) is 2.81. The van der Waals surface area contributed by atoms with Gasteiger partial charge in [0.1, 0.15) is 0 Å². The van der Waals surface area contributed by atoms with Crippen molar-refractivity contribution in [3.63, 3.8) is 0 Å². The van der Waals surface area contributed by atoms with Gasteiger partial charge in [0.05, 0.1) is 6.04 Å². The Morgan fingerprint density at radius 3 is 2.59 bits per heavy atom. The highest BCUT2D eigenvalue weighted by molar-refractivity contribution is 7.10. The molecule has 0 bridgehead atoms. The molecule has 0 spiro atoms. The molecule has 0 aliphatic rings. The first-order valence-corrected chi connectivity index (χ1v) is 8.51. The second-order valence-corrected chi connectivity index (χ2v) is 6.74. The number of fused-ring (bicyclic) bond motifs is 1. The first-order valence-electron chi connectivity index (χ1n) is 7.63. The van der Waals surface area contributed by atoms with Crippen LogP contribution in [0.1, 0.15) is 16.5 Å². The highest BCUT2D eigenvalue weighted by atomic mass is 32.1. The fourth-order valence-corrected chi connectivity index (χ4v) is 3.73. The van der Waals surface area contributed by atoms with E-state index < -0.39 is 0 Å². The van der Waals surface area contributed by atoms with E-state index in [1.54, 1.807) is 0 Å². The normalized spacial score (nSPS) is 12.9. The molecule has 114 valence electrons. The fraction of sp³-hybridized carbons (Fsp3) is 0.263. The van der Waals surface area contributed by atoms with E-state index in [9.17, 15) is 0 Å². The predicted molar refractivity (Wildman–Crippen MR) is 96.4 cm³/mol. The Morgan fingerprint density at radius 1 is 1.00 bits per heavy atom. The molecule has 2 nitrogen and oxygen atoms in total. The number of rotatable bonds is 6. The van der Waals surface area contributed by atoms with Gasteiger partial charge in [0, 0.05) is 18.0 Å². The van der Waals surface area contributed by atoms with Crippen LogP contribution in [0.5, 0.6) is 0 Å². The van der Waals surface area contributed by atoms with Crippen LogP contribution in [0.4, 0.5) is 0 Å².